The van der Waals surface area contributed by atoms with Gasteiger partial charge in [-0.3, -0.25) is 9.69 Å². The van der Waals surface area contributed by atoms with Gasteiger partial charge in [-0.15, -0.1) is 24.2 Å². The minimum Gasteiger partial charge on any atom is -0.466 e. The predicted molar refractivity (Wildman–Crippen MR) is 117 cm³/mol. The second-order valence-electron chi connectivity index (χ2n) is 6.42. The number of carbonyl (C=O) groups is 1. The molecule has 0 aliphatic rings. The Morgan fingerprint density at radius 3 is 2.56 bits per heavy atom. The Morgan fingerprint density at radius 2 is 1.96 bits per heavy atom. The third-order valence-electron chi connectivity index (χ3n) is 4.10. The van der Waals surface area contributed by atoms with Gasteiger partial charge in [-0.1, -0.05) is 11.3 Å². The second kappa shape index (κ2) is 9.10. The van der Waals surface area contributed by atoms with Crippen molar-refractivity contribution < 1.29 is 9.21 Å². The van der Waals surface area contributed by atoms with Gasteiger partial charge < -0.3 is 9.32 Å². The standard InChI is InChI=1S/C19H23N3O2S2.ClH/c1-12-10-15(13(2)24-12)18(23)22(9-8-21(3)4)19-20-16-7-6-14(25-5)11-17(16)26-19;/h6-7,10-11H,8-9H2,1-5H3;1H. The van der Waals surface area contributed by atoms with Crippen LogP contribution in [0.5, 0.6) is 0 Å². The van der Waals surface area contributed by atoms with E-state index in [9.17, 15) is 4.79 Å². The molecule has 0 radical (unpaired) electrons. The zero-order valence-electron chi connectivity index (χ0n) is 16.1. The van der Waals surface area contributed by atoms with Gasteiger partial charge in [-0.25, -0.2) is 4.98 Å². The number of rotatable bonds is 6. The highest BCUT2D eigenvalue weighted by Gasteiger charge is 2.24. The van der Waals surface area contributed by atoms with Gasteiger partial charge in [0.25, 0.3) is 5.91 Å². The van der Waals surface area contributed by atoms with Crippen molar-refractivity contribution in [2.45, 2.75) is 18.7 Å². The van der Waals surface area contributed by atoms with Crippen molar-refractivity contribution in [1.29, 1.82) is 0 Å². The van der Waals surface area contributed by atoms with Crippen LogP contribution in [-0.2, 0) is 0 Å². The van der Waals surface area contributed by atoms with E-state index in [1.807, 2.05) is 34.0 Å². The van der Waals surface area contributed by atoms with Crippen molar-refractivity contribution >= 4 is 56.8 Å². The van der Waals surface area contributed by atoms with Crippen LogP contribution in [0, 0.1) is 13.8 Å². The van der Waals surface area contributed by atoms with Crippen LogP contribution >= 0.6 is 35.5 Å². The number of aryl methyl sites for hydroxylation is 2. The molecule has 5 nitrogen and oxygen atoms in total. The monoisotopic (exact) mass is 425 g/mol. The molecular formula is C19H24ClN3O2S2. The third-order valence-corrected chi connectivity index (χ3v) is 5.87. The van der Waals surface area contributed by atoms with Crippen LogP contribution in [0.1, 0.15) is 21.9 Å². The quantitative estimate of drug-likeness (QED) is 0.528. The fraction of sp³-hybridized carbons (Fsp3) is 0.368. The molecule has 0 aliphatic heterocycles. The summed E-state index contributed by atoms with van der Waals surface area (Å²) in [5, 5.41) is 0.725. The van der Waals surface area contributed by atoms with E-state index in [1.165, 1.54) is 4.90 Å². The highest BCUT2D eigenvalue weighted by Crippen LogP contribution is 2.32. The average Bonchev–Trinajstić information content (AvgIpc) is 3.16. The van der Waals surface area contributed by atoms with Crippen molar-refractivity contribution in [3.05, 3.63) is 41.3 Å². The van der Waals surface area contributed by atoms with Crippen molar-refractivity contribution in [3.8, 4) is 0 Å². The summed E-state index contributed by atoms with van der Waals surface area (Å²) < 4.78 is 6.65. The van der Waals surface area contributed by atoms with Crippen molar-refractivity contribution in [2.75, 3.05) is 38.3 Å². The van der Waals surface area contributed by atoms with E-state index in [1.54, 1.807) is 34.1 Å². The fourth-order valence-electron chi connectivity index (χ4n) is 2.71. The first kappa shape index (κ1) is 21.8. The molecule has 3 rings (SSSR count). The smallest absolute Gasteiger partial charge is 0.263 e. The molecule has 1 aromatic carbocycles. The molecule has 0 spiro atoms. The molecule has 0 saturated carbocycles. The molecule has 0 atom stereocenters. The summed E-state index contributed by atoms with van der Waals surface area (Å²) in [4.78, 5) is 22.9. The van der Waals surface area contributed by atoms with Crippen molar-refractivity contribution in [1.82, 2.24) is 9.88 Å². The van der Waals surface area contributed by atoms with E-state index >= 15 is 0 Å². The van der Waals surface area contributed by atoms with Gasteiger partial charge in [-0.05, 0) is 58.5 Å². The highest BCUT2D eigenvalue weighted by molar-refractivity contribution is 7.98. The molecule has 27 heavy (non-hydrogen) atoms. The zero-order chi connectivity index (χ0) is 18.8. The Labute approximate surface area is 174 Å². The number of aromatic nitrogens is 1. The second-order valence-corrected chi connectivity index (χ2v) is 8.31. The van der Waals surface area contributed by atoms with E-state index in [-0.39, 0.29) is 18.3 Å². The number of likely N-dealkylation sites (N-methyl/N-ethyl adjacent to an activating group) is 1. The van der Waals surface area contributed by atoms with Crippen LogP contribution in [0.25, 0.3) is 10.2 Å². The summed E-state index contributed by atoms with van der Waals surface area (Å²) in [6.07, 6.45) is 2.06. The number of nitrogens with zero attached hydrogens (tertiary/aromatic N) is 3. The van der Waals surface area contributed by atoms with E-state index in [0.717, 1.165) is 27.7 Å². The average molecular weight is 426 g/mol. The minimum absolute atomic E-state index is 0. The maximum absolute atomic E-state index is 13.2. The van der Waals surface area contributed by atoms with Gasteiger partial charge in [0, 0.05) is 18.0 Å². The van der Waals surface area contributed by atoms with Gasteiger partial charge in [0.1, 0.15) is 11.5 Å². The fourth-order valence-corrected chi connectivity index (χ4v) is 4.25. The maximum Gasteiger partial charge on any atom is 0.263 e. The molecule has 2 heterocycles. The molecule has 0 N–H and O–H groups in total. The van der Waals surface area contributed by atoms with Gasteiger partial charge in [-0.2, -0.15) is 0 Å². The van der Waals surface area contributed by atoms with Crippen molar-refractivity contribution in [3.63, 3.8) is 0 Å². The molecule has 1 amide bonds. The van der Waals surface area contributed by atoms with E-state index in [0.29, 0.717) is 17.9 Å². The van der Waals surface area contributed by atoms with E-state index in [4.69, 9.17) is 9.40 Å². The number of carbonyl (C=O) groups excluding carboxylic acids is 1. The summed E-state index contributed by atoms with van der Waals surface area (Å²) in [6.45, 7) is 5.02. The number of benzene rings is 1. The molecule has 0 saturated heterocycles. The lowest BCUT2D eigenvalue weighted by molar-refractivity contribution is 0.0983. The Hall–Kier alpha value is -1.54. The molecule has 8 heteroatoms. The van der Waals surface area contributed by atoms with Crippen LogP contribution in [0.4, 0.5) is 5.13 Å². The van der Waals surface area contributed by atoms with Gasteiger partial charge in [0.05, 0.1) is 15.8 Å². The van der Waals surface area contributed by atoms with E-state index < -0.39 is 0 Å². The Bertz CT molecular complexity index is 936. The van der Waals surface area contributed by atoms with Crippen LogP contribution in [0.2, 0.25) is 0 Å². The summed E-state index contributed by atoms with van der Waals surface area (Å²) in [5.74, 6) is 1.32. The Kier molecular flexibility index (Phi) is 7.33. The number of anilines is 1. The van der Waals surface area contributed by atoms with Gasteiger partial charge in [0.2, 0.25) is 0 Å². The Morgan fingerprint density at radius 1 is 1.22 bits per heavy atom. The van der Waals surface area contributed by atoms with Crippen LogP contribution in [0.15, 0.2) is 33.6 Å². The summed E-state index contributed by atoms with van der Waals surface area (Å²) in [6, 6.07) is 8.01. The lowest BCUT2D eigenvalue weighted by atomic mass is 10.2. The normalized spacial score (nSPS) is 11.0. The molecule has 3 aromatic rings. The molecule has 0 bridgehead atoms. The zero-order valence-corrected chi connectivity index (χ0v) is 18.6. The number of amides is 1. The molecular weight excluding hydrogens is 402 g/mol. The van der Waals surface area contributed by atoms with Crippen LogP contribution < -0.4 is 4.90 Å². The summed E-state index contributed by atoms with van der Waals surface area (Å²) >= 11 is 3.26. The molecule has 0 unspecified atom stereocenters. The number of furan rings is 1. The first-order valence-corrected chi connectivity index (χ1v) is 10.4. The lowest BCUT2D eigenvalue weighted by Gasteiger charge is -2.21. The first-order valence-electron chi connectivity index (χ1n) is 8.37. The topological polar surface area (TPSA) is 49.6 Å². The summed E-state index contributed by atoms with van der Waals surface area (Å²) in [5.41, 5.74) is 1.52. The van der Waals surface area contributed by atoms with Gasteiger partial charge >= 0.3 is 0 Å². The number of fused-ring (bicyclic) bond motifs is 1. The molecule has 0 aliphatic carbocycles. The van der Waals surface area contributed by atoms with Gasteiger partial charge in [0.15, 0.2) is 5.13 Å². The van der Waals surface area contributed by atoms with Crippen LogP contribution in [0.3, 0.4) is 0 Å². The summed E-state index contributed by atoms with van der Waals surface area (Å²) in [7, 11) is 4.00. The third kappa shape index (κ3) is 4.85. The molecule has 146 valence electrons. The number of hydrogen-bond acceptors (Lipinski definition) is 6. The lowest BCUT2D eigenvalue weighted by Crippen LogP contribution is -2.36. The predicted octanol–water partition coefficient (Wildman–Crippen LogP) is 4.86. The number of thioether (sulfide) groups is 1. The SMILES string of the molecule is CSc1ccc2nc(N(CCN(C)C)C(=O)c3cc(C)oc3C)sc2c1.Cl. The minimum atomic E-state index is -0.0645. The van der Waals surface area contributed by atoms with Crippen molar-refractivity contribution in [2.24, 2.45) is 0 Å². The van der Waals surface area contributed by atoms with Crippen LogP contribution in [-0.4, -0.2) is 49.2 Å². The largest absolute Gasteiger partial charge is 0.466 e. The maximum atomic E-state index is 13.2. The highest BCUT2D eigenvalue weighted by atomic mass is 35.5. The number of hydrogen-bond donors (Lipinski definition) is 0. The number of thiazole rings is 1. The molecule has 0 fully saturated rings. The molecule has 2 aromatic heterocycles. The van der Waals surface area contributed by atoms with E-state index in [2.05, 4.69) is 23.3 Å². The first-order chi connectivity index (χ1) is 12.4. The Balaban J connectivity index is 0.00000261. The number of halogens is 1.